The molecule has 1 aliphatic heterocycles. The third-order valence-electron chi connectivity index (χ3n) is 8.05. The van der Waals surface area contributed by atoms with Gasteiger partial charge in [-0.3, -0.25) is 14.4 Å². The summed E-state index contributed by atoms with van der Waals surface area (Å²) in [4.78, 5) is 43.2. The molecule has 43 heavy (non-hydrogen) atoms. The first kappa shape index (κ1) is 31.8. The smallest absolute Gasteiger partial charge is 0.249 e. The van der Waals surface area contributed by atoms with Crippen molar-refractivity contribution >= 4 is 17.7 Å². The first-order valence-corrected chi connectivity index (χ1v) is 14.7. The number of likely N-dealkylation sites (N-methyl/N-ethyl adjacent to an activating group) is 3. The summed E-state index contributed by atoms with van der Waals surface area (Å²) in [6.07, 6.45) is 2.53. The second-order valence-corrected chi connectivity index (χ2v) is 11.0. The van der Waals surface area contributed by atoms with E-state index in [2.05, 4.69) is 10.6 Å². The van der Waals surface area contributed by atoms with Crippen LogP contribution in [-0.4, -0.2) is 86.5 Å². The van der Waals surface area contributed by atoms with Crippen LogP contribution in [0.4, 0.5) is 4.39 Å². The molecule has 3 amide bonds. The number of halogens is 1. The van der Waals surface area contributed by atoms with Gasteiger partial charge in [-0.2, -0.15) is 0 Å². The van der Waals surface area contributed by atoms with Crippen LogP contribution in [0.3, 0.4) is 0 Å². The highest BCUT2D eigenvalue weighted by Crippen LogP contribution is 2.21. The molecule has 2 N–H and O–H groups in total. The summed E-state index contributed by atoms with van der Waals surface area (Å²) in [5.74, 6) is -1.43. The average molecular weight is 589 g/mol. The summed E-state index contributed by atoms with van der Waals surface area (Å²) in [5, 5.41) is 5.98. The van der Waals surface area contributed by atoms with Crippen molar-refractivity contribution in [2.45, 2.75) is 43.8 Å². The Morgan fingerprint density at radius 3 is 2.09 bits per heavy atom. The Balaban J connectivity index is 1.54. The number of ether oxygens (including phenoxy) is 1. The summed E-state index contributed by atoms with van der Waals surface area (Å²) >= 11 is 0. The van der Waals surface area contributed by atoms with E-state index in [1.165, 1.54) is 29.0 Å². The number of nitrogens with zero attached hydrogens (tertiary/aromatic N) is 2. The highest BCUT2D eigenvalue weighted by Gasteiger charge is 2.35. The molecule has 4 rings (SSSR count). The van der Waals surface area contributed by atoms with Crippen molar-refractivity contribution in [3.05, 3.63) is 95.8 Å². The van der Waals surface area contributed by atoms with Gasteiger partial charge in [-0.05, 0) is 53.8 Å². The topological polar surface area (TPSA) is 91.0 Å². The van der Waals surface area contributed by atoms with Gasteiger partial charge in [0.25, 0.3) is 0 Å². The van der Waals surface area contributed by atoms with Gasteiger partial charge in [0.05, 0.1) is 6.61 Å². The molecule has 0 aromatic heterocycles. The van der Waals surface area contributed by atoms with Crippen LogP contribution in [0.15, 0.2) is 78.9 Å². The minimum Gasteiger partial charge on any atom is -0.370 e. The summed E-state index contributed by atoms with van der Waals surface area (Å²) in [7, 11) is 4.68. The van der Waals surface area contributed by atoms with Gasteiger partial charge in [0.2, 0.25) is 17.7 Å². The van der Waals surface area contributed by atoms with Crippen molar-refractivity contribution < 1.29 is 23.5 Å². The molecule has 8 nitrogen and oxygen atoms in total. The molecule has 1 heterocycles. The van der Waals surface area contributed by atoms with Crippen molar-refractivity contribution in [3.8, 4) is 11.1 Å². The molecule has 1 aliphatic rings. The number of rotatable bonds is 13. The molecule has 1 fully saturated rings. The van der Waals surface area contributed by atoms with Crippen molar-refractivity contribution in [3.63, 3.8) is 0 Å². The van der Waals surface area contributed by atoms with Crippen LogP contribution in [0, 0.1) is 5.82 Å². The fourth-order valence-corrected chi connectivity index (χ4v) is 5.34. The van der Waals surface area contributed by atoms with E-state index in [9.17, 15) is 18.8 Å². The Hall–Kier alpha value is -4.08. The van der Waals surface area contributed by atoms with Gasteiger partial charge in [-0.1, -0.05) is 66.7 Å². The Kier molecular flexibility index (Phi) is 11.4. The molecule has 0 unspecified atom stereocenters. The van der Waals surface area contributed by atoms with Gasteiger partial charge in [0.15, 0.2) is 0 Å². The van der Waals surface area contributed by atoms with Crippen molar-refractivity contribution in [2.24, 2.45) is 0 Å². The Labute approximate surface area is 253 Å². The van der Waals surface area contributed by atoms with E-state index in [1.54, 1.807) is 26.2 Å². The SMILES string of the molecule is CNC(=O)[C@@H](Cc1ccc(F)cc1)N(C)C(=O)[C@@H](Cc1ccc(-c2ccccc2)cc1)N(C)C(=O)COC[C@@H]1CCCN1. The van der Waals surface area contributed by atoms with Crippen LogP contribution >= 0.6 is 0 Å². The van der Waals surface area contributed by atoms with Gasteiger partial charge in [0, 0.05) is 40.0 Å². The number of amides is 3. The van der Waals surface area contributed by atoms with Crippen molar-refractivity contribution in [1.29, 1.82) is 0 Å². The van der Waals surface area contributed by atoms with Crippen LogP contribution < -0.4 is 10.6 Å². The number of hydrogen-bond donors (Lipinski definition) is 2. The third-order valence-corrected chi connectivity index (χ3v) is 8.05. The molecule has 0 spiro atoms. The number of benzene rings is 3. The molecule has 0 saturated carbocycles. The van der Waals surface area contributed by atoms with E-state index in [1.807, 2.05) is 54.6 Å². The molecule has 3 atom stereocenters. The molecule has 1 saturated heterocycles. The van der Waals surface area contributed by atoms with Gasteiger partial charge in [0.1, 0.15) is 24.5 Å². The maximum atomic E-state index is 14.1. The zero-order chi connectivity index (χ0) is 30.8. The Bertz CT molecular complexity index is 1350. The molecular formula is C34H41FN4O4. The standard InChI is InChI=1S/C34H41FN4O4/c1-36-33(41)30(20-25-13-17-28(35)18-14-25)39(3)34(42)31(38(2)32(40)23-43-22-29-10-7-19-37-29)21-24-11-15-27(16-12-24)26-8-5-4-6-9-26/h4-6,8-9,11-18,29-31,37H,7,10,19-23H2,1-3H3,(H,36,41)/t29-,30+,31+/m0/s1. The van der Waals surface area contributed by atoms with E-state index in [-0.39, 0.29) is 49.0 Å². The van der Waals surface area contributed by atoms with Gasteiger partial charge in [-0.25, -0.2) is 4.39 Å². The predicted octanol–water partition coefficient (Wildman–Crippen LogP) is 3.45. The minimum atomic E-state index is -0.881. The lowest BCUT2D eigenvalue weighted by molar-refractivity contribution is -0.149. The summed E-state index contributed by atoms with van der Waals surface area (Å²) in [6, 6.07) is 22.2. The molecule has 228 valence electrons. The number of carbonyl (C=O) groups excluding carboxylic acids is 3. The number of carbonyl (C=O) groups is 3. The molecule has 0 aliphatic carbocycles. The lowest BCUT2D eigenvalue weighted by Crippen LogP contribution is -2.56. The first-order chi connectivity index (χ1) is 20.8. The molecule has 3 aromatic carbocycles. The maximum absolute atomic E-state index is 14.1. The third kappa shape index (κ3) is 8.72. The van der Waals surface area contributed by atoms with Gasteiger partial charge < -0.3 is 25.2 Å². The quantitative estimate of drug-likeness (QED) is 0.319. The second-order valence-electron chi connectivity index (χ2n) is 11.0. The Morgan fingerprint density at radius 1 is 0.884 bits per heavy atom. The molecular weight excluding hydrogens is 547 g/mol. The van der Waals surface area contributed by atoms with Crippen LogP contribution in [-0.2, 0) is 32.0 Å². The highest BCUT2D eigenvalue weighted by atomic mass is 19.1. The molecule has 0 bridgehead atoms. The van der Waals surface area contributed by atoms with Crippen LogP contribution in [0.5, 0.6) is 0 Å². The monoisotopic (exact) mass is 588 g/mol. The van der Waals surface area contributed by atoms with Crippen LogP contribution in [0.1, 0.15) is 24.0 Å². The fraction of sp³-hybridized carbons (Fsp3) is 0.382. The maximum Gasteiger partial charge on any atom is 0.249 e. The summed E-state index contributed by atoms with van der Waals surface area (Å²) in [6.45, 7) is 1.22. The molecule has 0 radical (unpaired) electrons. The van der Waals surface area contributed by atoms with E-state index in [4.69, 9.17) is 4.74 Å². The van der Waals surface area contributed by atoms with Crippen molar-refractivity contribution in [2.75, 3.05) is 40.9 Å². The molecule has 3 aromatic rings. The van der Waals surface area contributed by atoms with Gasteiger partial charge >= 0.3 is 0 Å². The van der Waals surface area contributed by atoms with E-state index in [0.717, 1.165) is 36.1 Å². The zero-order valence-electron chi connectivity index (χ0n) is 25.1. The first-order valence-electron chi connectivity index (χ1n) is 14.7. The minimum absolute atomic E-state index is 0.149. The molecule has 9 heteroatoms. The normalized spacial score (nSPS) is 15.9. The average Bonchev–Trinajstić information content (AvgIpc) is 3.56. The van der Waals surface area contributed by atoms with E-state index < -0.39 is 12.1 Å². The lowest BCUT2D eigenvalue weighted by atomic mass is 9.98. The summed E-state index contributed by atoms with van der Waals surface area (Å²) < 4.78 is 19.2. The number of hydrogen-bond acceptors (Lipinski definition) is 5. The zero-order valence-corrected chi connectivity index (χ0v) is 25.1. The van der Waals surface area contributed by atoms with Crippen molar-refractivity contribution in [1.82, 2.24) is 20.4 Å². The predicted molar refractivity (Wildman–Crippen MR) is 165 cm³/mol. The Morgan fingerprint density at radius 2 is 1.49 bits per heavy atom. The lowest BCUT2D eigenvalue weighted by Gasteiger charge is -2.34. The highest BCUT2D eigenvalue weighted by molar-refractivity contribution is 5.92. The largest absolute Gasteiger partial charge is 0.370 e. The second kappa shape index (κ2) is 15.4. The van der Waals surface area contributed by atoms with Crippen LogP contribution in [0.25, 0.3) is 11.1 Å². The van der Waals surface area contributed by atoms with E-state index >= 15 is 0 Å². The van der Waals surface area contributed by atoms with Gasteiger partial charge in [-0.15, -0.1) is 0 Å². The summed E-state index contributed by atoms with van der Waals surface area (Å²) in [5.41, 5.74) is 3.71. The van der Waals surface area contributed by atoms with E-state index in [0.29, 0.717) is 12.2 Å². The van der Waals surface area contributed by atoms with Crippen LogP contribution in [0.2, 0.25) is 0 Å². The number of nitrogens with one attached hydrogen (secondary N) is 2. The fourth-order valence-electron chi connectivity index (χ4n) is 5.34.